The van der Waals surface area contributed by atoms with Crippen LogP contribution in [0.1, 0.15) is 34.1 Å². The van der Waals surface area contributed by atoms with E-state index in [1.54, 1.807) is 17.0 Å². The zero-order chi connectivity index (χ0) is 19.3. The van der Waals surface area contributed by atoms with Crippen LogP contribution in [-0.2, 0) is 0 Å². The van der Waals surface area contributed by atoms with Crippen LogP contribution < -0.4 is 9.47 Å². The summed E-state index contributed by atoms with van der Waals surface area (Å²) in [6.45, 7) is 3.01. The molecule has 2 unspecified atom stereocenters. The smallest absolute Gasteiger partial charge is 0.254 e. The predicted molar refractivity (Wildman–Crippen MR) is 103 cm³/mol. The Bertz CT molecular complexity index is 1060. The molecular formula is C21H21N3O4. The molecule has 7 heteroatoms. The molecule has 1 amide bonds. The van der Waals surface area contributed by atoms with Crippen molar-refractivity contribution in [3.05, 3.63) is 53.3 Å². The van der Waals surface area contributed by atoms with E-state index in [4.69, 9.17) is 9.47 Å². The molecule has 0 aliphatic carbocycles. The second kappa shape index (κ2) is 6.53. The fourth-order valence-electron chi connectivity index (χ4n) is 4.10. The molecule has 1 saturated heterocycles. The topological polar surface area (TPSA) is 87.7 Å². The first-order chi connectivity index (χ1) is 13.6. The maximum atomic E-state index is 12.9. The number of nitrogens with one attached hydrogen (secondary N) is 1. The lowest BCUT2D eigenvalue weighted by molar-refractivity contribution is 0.0382. The summed E-state index contributed by atoms with van der Waals surface area (Å²) >= 11 is 0. The Morgan fingerprint density at radius 3 is 2.93 bits per heavy atom. The molecule has 3 aromatic rings. The number of carbonyl (C=O) groups is 1. The van der Waals surface area contributed by atoms with Crippen LogP contribution in [-0.4, -0.2) is 51.9 Å². The van der Waals surface area contributed by atoms with Gasteiger partial charge in [-0.3, -0.25) is 4.79 Å². The second-order valence-electron chi connectivity index (χ2n) is 7.38. The molecule has 2 atom stereocenters. The van der Waals surface area contributed by atoms with Gasteiger partial charge in [0.25, 0.3) is 5.91 Å². The normalized spacial score (nSPS) is 21.3. The van der Waals surface area contributed by atoms with Gasteiger partial charge >= 0.3 is 0 Å². The standard InChI is InChI=1S/C21H21N3O4/c1-12-22-16-4-2-14(8-17(16)23-12)21(26)24-7-6-15(18(25)10-24)13-3-5-19-20(9-13)28-11-27-19/h2-5,8-9,15,18,25H,6-7,10-11H2,1H3,(H,22,23). The fourth-order valence-corrected chi connectivity index (χ4v) is 4.10. The highest BCUT2D eigenvalue weighted by molar-refractivity contribution is 5.97. The molecule has 0 radical (unpaired) electrons. The van der Waals surface area contributed by atoms with Crippen LogP contribution in [0.4, 0.5) is 0 Å². The van der Waals surface area contributed by atoms with Gasteiger partial charge in [0.1, 0.15) is 5.82 Å². The molecule has 7 nitrogen and oxygen atoms in total. The van der Waals surface area contributed by atoms with Crippen molar-refractivity contribution in [2.75, 3.05) is 19.9 Å². The summed E-state index contributed by atoms with van der Waals surface area (Å²) in [5, 5.41) is 10.7. The van der Waals surface area contributed by atoms with E-state index in [9.17, 15) is 9.90 Å². The van der Waals surface area contributed by atoms with Crippen LogP contribution in [0.2, 0.25) is 0 Å². The highest BCUT2D eigenvalue weighted by Gasteiger charge is 2.32. The predicted octanol–water partition coefficient (Wildman–Crippen LogP) is 2.59. The van der Waals surface area contributed by atoms with Crippen LogP contribution in [0.5, 0.6) is 11.5 Å². The Morgan fingerprint density at radius 1 is 1.21 bits per heavy atom. The number of likely N-dealkylation sites (tertiary alicyclic amines) is 1. The minimum absolute atomic E-state index is 0.0324. The van der Waals surface area contributed by atoms with Crippen LogP contribution in [0.25, 0.3) is 11.0 Å². The molecule has 0 saturated carbocycles. The maximum absolute atomic E-state index is 12.9. The number of aromatic amines is 1. The minimum Gasteiger partial charge on any atom is -0.454 e. The van der Waals surface area contributed by atoms with Gasteiger partial charge in [0, 0.05) is 24.6 Å². The van der Waals surface area contributed by atoms with Gasteiger partial charge in [-0.05, 0) is 49.2 Å². The lowest BCUT2D eigenvalue weighted by atomic mass is 9.86. The molecule has 1 aromatic heterocycles. The number of H-pyrrole nitrogens is 1. The Morgan fingerprint density at radius 2 is 2.07 bits per heavy atom. The Balaban J connectivity index is 1.32. The van der Waals surface area contributed by atoms with Crippen molar-refractivity contribution in [3.63, 3.8) is 0 Å². The van der Waals surface area contributed by atoms with E-state index in [1.165, 1.54) is 0 Å². The van der Waals surface area contributed by atoms with Gasteiger partial charge in [0.2, 0.25) is 6.79 Å². The number of aromatic nitrogens is 2. The van der Waals surface area contributed by atoms with Crippen LogP contribution in [0.15, 0.2) is 36.4 Å². The lowest BCUT2D eigenvalue weighted by Gasteiger charge is -2.36. The summed E-state index contributed by atoms with van der Waals surface area (Å²) in [5.74, 6) is 2.15. The quantitative estimate of drug-likeness (QED) is 0.715. The number of hydrogen-bond donors (Lipinski definition) is 2. The van der Waals surface area contributed by atoms with E-state index in [0.717, 1.165) is 28.2 Å². The van der Waals surface area contributed by atoms with Crippen LogP contribution >= 0.6 is 0 Å². The number of aliphatic hydroxyl groups excluding tert-OH is 1. The highest BCUT2D eigenvalue weighted by atomic mass is 16.7. The average Bonchev–Trinajstić information content (AvgIpc) is 3.31. The molecular weight excluding hydrogens is 358 g/mol. The SMILES string of the molecule is Cc1nc2cc(C(=O)N3CCC(c4ccc5c(c4)OCO5)C(O)C3)ccc2[nH]1. The monoisotopic (exact) mass is 379 g/mol. The number of β-amino-alcohol motifs (C(OH)–C–C–N with tert-alkyl or cyclic N) is 1. The Labute approximate surface area is 161 Å². The van der Waals surface area contributed by atoms with Crippen molar-refractivity contribution < 1.29 is 19.4 Å². The molecule has 5 rings (SSSR count). The third-order valence-corrected chi connectivity index (χ3v) is 5.54. The highest BCUT2D eigenvalue weighted by Crippen LogP contribution is 2.37. The van der Waals surface area contributed by atoms with Crippen molar-refractivity contribution in [1.29, 1.82) is 0 Å². The first-order valence-electron chi connectivity index (χ1n) is 9.42. The zero-order valence-electron chi connectivity index (χ0n) is 15.5. The first kappa shape index (κ1) is 17.1. The number of carbonyl (C=O) groups excluding carboxylic acids is 1. The van der Waals surface area contributed by atoms with Crippen LogP contribution in [0.3, 0.4) is 0 Å². The van der Waals surface area contributed by atoms with Gasteiger partial charge in [-0.1, -0.05) is 6.07 Å². The summed E-state index contributed by atoms with van der Waals surface area (Å²) in [7, 11) is 0. The molecule has 2 aliphatic rings. The van der Waals surface area contributed by atoms with E-state index in [2.05, 4.69) is 9.97 Å². The van der Waals surface area contributed by atoms with E-state index < -0.39 is 6.10 Å². The number of benzene rings is 2. The van der Waals surface area contributed by atoms with E-state index >= 15 is 0 Å². The molecule has 2 aromatic carbocycles. The third-order valence-electron chi connectivity index (χ3n) is 5.54. The molecule has 0 bridgehead atoms. The Hall–Kier alpha value is -3.06. The number of piperidine rings is 1. The molecule has 2 aliphatic heterocycles. The average molecular weight is 379 g/mol. The fraction of sp³-hybridized carbons (Fsp3) is 0.333. The Kier molecular flexibility index (Phi) is 3.98. The van der Waals surface area contributed by atoms with Gasteiger partial charge in [-0.25, -0.2) is 4.98 Å². The number of imidazole rings is 1. The largest absolute Gasteiger partial charge is 0.454 e. The number of amides is 1. The van der Waals surface area contributed by atoms with E-state index in [0.29, 0.717) is 30.8 Å². The summed E-state index contributed by atoms with van der Waals surface area (Å²) in [5.41, 5.74) is 3.29. The van der Waals surface area contributed by atoms with E-state index in [1.807, 2.05) is 31.2 Å². The van der Waals surface area contributed by atoms with E-state index in [-0.39, 0.29) is 18.6 Å². The zero-order valence-corrected chi connectivity index (χ0v) is 15.5. The number of rotatable bonds is 2. The number of aryl methyl sites for hydroxylation is 1. The number of nitrogens with zero attached hydrogens (tertiary/aromatic N) is 2. The summed E-state index contributed by atoms with van der Waals surface area (Å²) < 4.78 is 10.8. The molecule has 1 fully saturated rings. The van der Waals surface area contributed by atoms with Crippen molar-refractivity contribution in [2.24, 2.45) is 0 Å². The molecule has 2 N–H and O–H groups in total. The molecule has 3 heterocycles. The summed E-state index contributed by atoms with van der Waals surface area (Å²) in [6, 6.07) is 11.3. The first-order valence-corrected chi connectivity index (χ1v) is 9.42. The van der Waals surface area contributed by atoms with Crippen molar-refractivity contribution >= 4 is 16.9 Å². The number of ether oxygens (including phenoxy) is 2. The number of fused-ring (bicyclic) bond motifs is 2. The van der Waals surface area contributed by atoms with Gasteiger partial charge in [0.05, 0.1) is 17.1 Å². The van der Waals surface area contributed by atoms with Gasteiger partial charge in [0.15, 0.2) is 11.5 Å². The molecule has 144 valence electrons. The van der Waals surface area contributed by atoms with Crippen molar-refractivity contribution in [3.8, 4) is 11.5 Å². The molecule has 0 spiro atoms. The lowest BCUT2D eigenvalue weighted by Crippen LogP contribution is -2.45. The van der Waals surface area contributed by atoms with Gasteiger partial charge in [-0.15, -0.1) is 0 Å². The summed E-state index contributed by atoms with van der Waals surface area (Å²) in [4.78, 5) is 22.2. The number of hydrogen-bond acceptors (Lipinski definition) is 5. The van der Waals surface area contributed by atoms with Gasteiger partial charge < -0.3 is 24.5 Å². The summed E-state index contributed by atoms with van der Waals surface area (Å²) in [6.07, 6.45) is 0.0606. The molecule has 28 heavy (non-hydrogen) atoms. The third kappa shape index (κ3) is 2.88. The van der Waals surface area contributed by atoms with Crippen molar-refractivity contribution in [2.45, 2.75) is 25.4 Å². The minimum atomic E-state index is -0.630. The number of aliphatic hydroxyl groups is 1. The second-order valence-corrected chi connectivity index (χ2v) is 7.38. The van der Waals surface area contributed by atoms with Gasteiger partial charge in [-0.2, -0.15) is 0 Å². The van der Waals surface area contributed by atoms with Crippen LogP contribution in [0, 0.1) is 6.92 Å². The van der Waals surface area contributed by atoms with Crippen molar-refractivity contribution in [1.82, 2.24) is 14.9 Å². The maximum Gasteiger partial charge on any atom is 0.254 e.